The van der Waals surface area contributed by atoms with Crippen LogP contribution in [-0.2, 0) is 23.0 Å². The maximum absolute atomic E-state index is 13.3. The molecular weight excluding hydrogens is 398 g/mol. The van der Waals surface area contributed by atoms with Gasteiger partial charge in [-0.15, -0.1) is 0 Å². The van der Waals surface area contributed by atoms with Crippen molar-refractivity contribution in [2.75, 3.05) is 13.7 Å². The van der Waals surface area contributed by atoms with Gasteiger partial charge in [0.2, 0.25) is 10.0 Å². The molecule has 1 aromatic heterocycles. The molecule has 0 amide bonds. The molecule has 28 heavy (non-hydrogen) atoms. The number of aryl methyl sites for hydroxylation is 1. The molecule has 0 atom stereocenters. The predicted molar refractivity (Wildman–Crippen MR) is 108 cm³/mol. The lowest BCUT2D eigenvalue weighted by Gasteiger charge is -2.27. The van der Waals surface area contributed by atoms with Crippen molar-refractivity contribution in [3.05, 3.63) is 64.3 Å². The highest BCUT2D eigenvalue weighted by molar-refractivity contribution is 7.89. The Morgan fingerprint density at radius 2 is 1.93 bits per heavy atom. The van der Waals surface area contributed by atoms with Gasteiger partial charge in [0.05, 0.1) is 12.8 Å². The minimum absolute atomic E-state index is 0.190. The van der Waals surface area contributed by atoms with Crippen molar-refractivity contribution in [3.8, 4) is 17.0 Å². The van der Waals surface area contributed by atoms with Crippen LogP contribution in [0.4, 0.5) is 0 Å². The summed E-state index contributed by atoms with van der Waals surface area (Å²) < 4.78 is 33.5. The number of nitrogens with one attached hydrogen (secondary N) is 1. The van der Waals surface area contributed by atoms with Gasteiger partial charge < -0.3 is 4.74 Å². The van der Waals surface area contributed by atoms with E-state index in [2.05, 4.69) is 10.2 Å². The van der Waals surface area contributed by atoms with Crippen molar-refractivity contribution in [3.63, 3.8) is 0 Å². The number of aromatic amines is 1. The predicted octanol–water partition coefficient (Wildman–Crippen LogP) is 3.79. The van der Waals surface area contributed by atoms with Crippen LogP contribution >= 0.6 is 11.6 Å². The van der Waals surface area contributed by atoms with Gasteiger partial charge in [-0.05, 0) is 36.8 Å². The van der Waals surface area contributed by atoms with Gasteiger partial charge >= 0.3 is 0 Å². The Morgan fingerprint density at radius 1 is 1.18 bits per heavy atom. The monoisotopic (exact) mass is 417 g/mol. The Hall–Kier alpha value is -2.35. The Bertz CT molecular complexity index is 1120. The lowest BCUT2D eigenvalue weighted by atomic mass is 10.0. The van der Waals surface area contributed by atoms with Crippen LogP contribution in [0.3, 0.4) is 0 Å². The van der Waals surface area contributed by atoms with Crippen LogP contribution in [0.15, 0.2) is 47.4 Å². The fraction of sp³-hybridized carbons (Fsp3) is 0.250. The Kier molecular flexibility index (Phi) is 4.91. The van der Waals surface area contributed by atoms with Gasteiger partial charge in [0.25, 0.3) is 0 Å². The van der Waals surface area contributed by atoms with E-state index in [1.807, 2.05) is 25.1 Å². The molecule has 0 bridgehead atoms. The fourth-order valence-corrected chi connectivity index (χ4v) is 5.22. The third kappa shape index (κ3) is 3.30. The van der Waals surface area contributed by atoms with Crippen molar-refractivity contribution in [1.82, 2.24) is 14.5 Å². The van der Waals surface area contributed by atoms with Crippen LogP contribution in [-0.4, -0.2) is 36.6 Å². The summed E-state index contributed by atoms with van der Waals surface area (Å²) in [5, 5.41) is 8.12. The number of hydrogen-bond donors (Lipinski definition) is 1. The van der Waals surface area contributed by atoms with Crippen molar-refractivity contribution in [2.45, 2.75) is 24.8 Å². The Balaban J connectivity index is 1.72. The van der Waals surface area contributed by atoms with E-state index in [4.69, 9.17) is 16.3 Å². The molecule has 3 aromatic rings. The molecular formula is C20H20ClN3O3S. The van der Waals surface area contributed by atoms with Gasteiger partial charge in [-0.3, -0.25) is 5.10 Å². The van der Waals surface area contributed by atoms with E-state index in [9.17, 15) is 8.42 Å². The first kappa shape index (κ1) is 19.0. The Morgan fingerprint density at radius 3 is 2.64 bits per heavy atom. The second-order valence-corrected chi connectivity index (χ2v) is 9.12. The van der Waals surface area contributed by atoms with E-state index in [1.54, 1.807) is 24.3 Å². The van der Waals surface area contributed by atoms with E-state index in [0.717, 1.165) is 28.1 Å². The molecule has 4 rings (SSSR count). The zero-order valence-electron chi connectivity index (χ0n) is 15.6. The molecule has 1 aliphatic heterocycles. The van der Waals surface area contributed by atoms with Crippen molar-refractivity contribution in [1.29, 1.82) is 0 Å². The number of aromatic nitrogens is 2. The average Bonchev–Trinajstić information content (AvgIpc) is 3.12. The standard InChI is InChI=1S/C20H20ClN3O3S/c1-13-3-8-18(27-2)19(11-13)28(25,26)24-10-9-17-16(12-24)20(23-22-17)14-4-6-15(21)7-5-14/h3-8,11H,9-10,12H2,1-2H3,(H,22,23). The molecule has 0 unspecified atom stereocenters. The SMILES string of the molecule is COc1ccc(C)cc1S(=O)(=O)N1CCc2[nH]nc(-c3ccc(Cl)cc3)c2C1. The molecule has 0 aliphatic carbocycles. The number of fused-ring (bicyclic) bond motifs is 1. The van der Waals surface area contributed by atoms with E-state index in [1.165, 1.54) is 11.4 Å². The summed E-state index contributed by atoms with van der Waals surface area (Å²) in [5.41, 5.74) is 4.37. The fourth-order valence-electron chi connectivity index (χ4n) is 3.45. The second kappa shape index (κ2) is 7.24. The van der Waals surface area contributed by atoms with Crippen molar-refractivity contribution in [2.24, 2.45) is 0 Å². The maximum atomic E-state index is 13.3. The molecule has 6 nitrogen and oxygen atoms in total. The molecule has 146 valence electrons. The lowest BCUT2D eigenvalue weighted by Crippen LogP contribution is -2.36. The number of nitrogens with zero attached hydrogens (tertiary/aromatic N) is 2. The van der Waals surface area contributed by atoms with Crippen LogP contribution in [0.25, 0.3) is 11.3 Å². The van der Waals surface area contributed by atoms with E-state index >= 15 is 0 Å². The zero-order valence-corrected chi connectivity index (χ0v) is 17.1. The number of ether oxygens (including phenoxy) is 1. The summed E-state index contributed by atoms with van der Waals surface area (Å²) in [6.07, 6.45) is 0.573. The largest absolute Gasteiger partial charge is 0.495 e. The van der Waals surface area contributed by atoms with Crippen molar-refractivity contribution >= 4 is 21.6 Å². The highest BCUT2D eigenvalue weighted by Crippen LogP contribution is 2.34. The second-order valence-electron chi connectivity index (χ2n) is 6.78. The van der Waals surface area contributed by atoms with E-state index in [0.29, 0.717) is 23.7 Å². The highest BCUT2D eigenvalue weighted by atomic mass is 35.5. The third-order valence-electron chi connectivity index (χ3n) is 4.95. The topological polar surface area (TPSA) is 75.3 Å². The molecule has 2 heterocycles. The van der Waals surface area contributed by atoms with Gasteiger partial charge in [-0.1, -0.05) is 29.8 Å². The first-order valence-electron chi connectivity index (χ1n) is 8.87. The lowest BCUT2D eigenvalue weighted by molar-refractivity contribution is 0.377. The van der Waals surface area contributed by atoms with Gasteiger partial charge in [0, 0.05) is 41.4 Å². The number of sulfonamides is 1. The molecule has 0 saturated carbocycles. The van der Waals surface area contributed by atoms with Gasteiger partial charge in [0.15, 0.2) is 0 Å². The third-order valence-corrected chi connectivity index (χ3v) is 7.07. The number of rotatable bonds is 4. The van der Waals surface area contributed by atoms with Crippen LogP contribution in [0.5, 0.6) is 5.75 Å². The van der Waals surface area contributed by atoms with E-state index < -0.39 is 10.0 Å². The minimum atomic E-state index is -3.71. The van der Waals surface area contributed by atoms with Gasteiger partial charge in [-0.25, -0.2) is 8.42 Å². The molecule has 0 radical (unpaired) electrons. The molecule has 1 aliphatic rings. The number of methoxy groups -OCH3 is 1. The normalized spacial score (nSPS) is 14.7. The summed E-state index contributed by atoms with van der Waals surface area (Å²) in [6.45, 7) is 2.50. The Labute approximate surface area is 169 Å². The molecule has 0 spiro atoms. The molecule has 8 heteroatoms. The van der Waals surface area contributed by atoms with Gasteiger partial charge in [-0.2, -0.15) is 9.40 Å². The summed E-state index contributed by atoms with van der Waals surface area (Å²) in [6, 6.07) is 12.5. The van der Waals surface area contributed by atoms with Crippen LogP contribution in [0, 0.1) is 6.92 Å². The smallest absolute Gasteiger partial charge is 0.247 e. The highest BCUT2D eigenvalue weighted by Gasteiger charge is 2.33. The number of H-pyrrole nitrogens is 1. The van der Waals surface area contributed by atoms with Crippen LogP contribution < -0.4 is 4.74 Å². The first-order valence-corrected chi connectivity index (χ1v) is 10.7. The molecule has 2 aromatic carbocycles. The molecule has 0 saturated heterocycles. The van der Waals surface area contributed by atoms with Crippen LogP contribution in [0.1, 0.15) is 16.8 Å². The van der Waals surface area contributed by atoms with Gasteiger partial charge in [0.1, 0.15) is 10.6 Å². The molecule has 1 N–H and O–H groups in total. The number of hydrogen-bond acceptors (Lipinski definition) is 4. The molecule has 0 fully saturated rings. The average molecular weight is 418 g/mol. The summed E-state index contributed by atoms with van der Waals surface area (Å²) in [4.78, 5) is 0.190. The number of benzene rings is 2. The summed E-state index contributed by atoms with van der Waals surface area (Å²) in [5.74, 6) is 0.349. The minimum Gasteiger partial charge on any atom is -0.495 e. The van der Waals surface area contributed by atoms with E-state index in [-0.39, 0.29) is 11.4 Å². The summed E-state index contributed by atoms with van der Waals surface area (Å²) in [7, 11) is -2.23. The summed E-state index contributed by atoms with van der Waals surface area (Å²) >= 11 is 5.98. The first-order chi connectivity index (χ1) is 13.4. The maximum Gasteiger partial charge on any atom is 0.247 e. The van der Waals surface area contributed by atoms with Crippen LogP contribution in [0.2, 0.25) is 5.02 Å². The van der Waals surface area contributed by atoms with Crippen molar-refractivity contribution < 1.29 is 13.2 Å². The number of halogens is 1. The zero-order chi connectivity index (χ0) is 19.9. The quantitative estimate of drug-likeness (QED) is 0.700.